The summed E-state index contributed by atoms with van der Waals surface area (Å²) < 4.78 is 0. The first-order valence-electron chi connectivity index (χ1n) is 15.5. The number of anilines is 2. The van der Waals surface area contributed by atoms with Crippen LogP contribution in [-0.2, 0) is 13.1 Å². The Morgan fingerprint density at radius 1 is 0.900 bits per heavy atom. The maximum absolute atomic E-state index is 5.58. The van der Waals surface area contributed by atoms with Crippen molar-refractivity contribution in [2.45, 2.75) is 84.3 Å². The lowest BCUT2D eigenvalue weighted by Crippen LogP contribution is -2.52. The highest BCUT2D eigenvalue weighted by atomic mass is 32.1. The number of nitrogens with zero attached hydrogens (tertiary/aromatic N) is 4. The molecule has 9 heteroatoms. The van der Waals surface area contributed by atoms with Gasteiger partial charge in [-0.1, -0.05) is 56.9 Å². The second-order valence-corrected chi connectivity index (χ2v) is 11.6. The molecule has 0 atom stereocenters. The number of aromatic nitrogens is 2. The molecule has 1 aliphatic carbocycles. The lowest BCUT2D eigenvalue weighted by atomic mass is 9.95. The normalized spacial score (nSPS) is 16.2. The van der Waals surface area contributed by atoms with Crippen LogP contribution in [0.25, 0.3) is 0 Å². The third-order valence-electron chi connectivity index (χ3n) is 7.91. The lowest BCUT2D eigenvalue weighted by Gasteiger charge is -2.37. The molecule has 40 heavy (non-hydrogen) atoms. The van der Waals surface area contributed by atoms with Crippen molar-refractivity contribution in [2.24, 2.45) is 0 Å². The number of rotatable bonds is 14. The Bertz CT molecular complexity index is 1020. The average molecular weight is 567 g/mol. The number of hydrogen-bond acceptors (Lipinski definition) is 7. The third kappa shape index (κ3) is 10.2. The molecule has 2 fully saturated rings. The first-order chi connectivity index (χ1) is 19.6. The minimum absolute atomic E-state index is 0.682. The van der Waals surface area contributed by atoms with Crippen LogP contribution in [0.3, 0.4) is 0 Å². The van der Waals surface area contributed by atoms with E-state index < -0.39 is 0 Å². The zero-order valence-corrected chi connectivity index (χ0v) is 25.5. The maximum atomic E-state index is 5.58. The fraction of sp³-hybridized carbons (Fsp3) is 0.645. The molecule has 4 N–H and O–H groups in total. The quantitative estimate of drug-likeness (QED) is 0.194. The number of unbranched alkanes of at least 4 members (excludes halogenated alkanes) is 1. The minimum Gasteiger partial charge on any atom is -0.363 e. The molecule has 0 bridgehead atoms. The van der Waals surface area contributed by atoms with Crippen molar-refractivity contribution >= 4 is 29.1 Å². The summed E-state index contributed by atoms with van der Waals surface area (Å²) in [5.74, 6) is 1.66. The molecular weight excluding hydrogens is 516 g/mol. The van der Waals surface area contributed by atoms with Crippen molar-refractivity contribution in [2.75, 3.05) is 56.0 Å². The van der Waals surface area contributed by atoms with E-state index in [-0.39, 0.29) is 0 Å². The molecule has 0 spiro atoms. The van der Waals surface area contributed by atoms with Crippen molar-refractivity contribution in [3.63, 3.8) is 0 Å². The molecule has 220 valence electrons. The second kappa shape index (κ2) is 16.7. The van der Waals surface area contributed by atoms with Gasteiger partial charge in [0.25, 0.3) is 0 Å². The Balaban J connectivity index is 1.16. The summed E-state index contributed by atoms with van der Waals surface area (Å²) in [6.45, 7) is 12.6. The van der Waals surface area contributed by atoms with Crippen molar-refractivity contribution < 1.29 is 0 Å². The highest BCUT2D eigenvalue weighted by molar-refractivity contribution is 7.80. The van der Waals surface area contributed by atoms with Crippen LogP contribution < -0.4 is 26.2 Å². The number of hydrogen-bond donors (Lipinski definition) is 4. The largest absolute Gasteiger partial charge is 0.363 e. The van der Waals surface area contributed by atoms with Gasteiger partial charge in [0.1, 0.15) is 5.82 Å². The summed E-state index contributed by atoms with van der Waals surface area (Å²) >= 11 is 5.58. The first-order valence-corrected chi connectivity index (χ1v) is 15.9. The smallest absolute Gasteiger partial charge is 0.225 e. The van der Waals surface area contributed by atoms with E-state index in [0.717, 1.165) is 81.4 Å². The van der Waals surface area contributed by atoms with Gasteiger partial charge in [0.05, 0.1) is 0 Å². The summed E-state index contributed by atoms with van der Waals surface area (Å²) in [6.07, 6.45) is 10.4. The van der Waals surface area contributed by atoms with E-state index in [1.807, 2.05) is 6.92 Å². The Kier molecular flexibility index (Phi) is 12.7. The summed E-state index contributed by atoms with van der Waals surface area (Å²) in [6, 6.07) is 11.7. The van der Waals surface area contributed by atoms with Gasteiger partial charge >= 0.3 is 0 Å². The van der Waals surface area contributed by atoms with E-state index in [0.29, 0.717) is 12.5 Å². The van der Waals surface area contributed by atoms with Crippen LogP contribution in [0.5, 0.6) is 0 Å². The molecular formula is C31H50N8S. The van der Waals surface area contributed by atoms with Crippen LogP contribution >= 0.6 is 12.2 Å². The van der Waals surface area contributed by atoms with E-state index in [1.54, 1.807) is 0 Å². The molecule has 1 aromatic carbocycles. The minimum atomic E-state index is 0.682. The molecule has 0 radical (unpaired) electrons. The predicted octanol–water partition coefficient (Wildman–Crippen LogP) is 4.60. The SMILES string of the molecule is CCCCNC(=S)N1CCN(c2cc(C)nc(NCc3ccc(CNCCCNC4CCCCC4)cc3)n2)CC1. The number of benzene rings is 1. The van der Waals surface area contributed by atoms with Crippen LogP contribution in [0.15, 0.2) is 30.3 Å². The molecule has 2 aliphatic rings. The molecule has 0 amide bonds. The van der Waals surface area contributed by atoms with Crippen LogP contribution in [0.1, 0.15) is 75.1 Å². The summed E-state index contributed by atoms with van der Waals surface area (Å²) in [7, 11) is 0. The lowest BCUT2D eigenvalue weighted by molar-refractivity contribution is 0.371. The predicted molar refractivity (Wildman–Crippen MR) is 171 cm³/mol. The van der Waals surface area contributed by atoms with Gasteiger partial charge in [0, 0.05) is 63.6 Å². The van der Waals surface area contributed by atoms with Crippen molar-refractivity contribution in [1.82, 2.24) is 30.8 Å². The Labute approximate surface area is 247 Å². The fourth-order valence-electron chi connectivity index (χ4n) is 5.43. The maximum Gasteiger partial charge on any atom is 0.225 e. The molecule has 1 saturated carbocycles. The molecule has 2 heterocycles. The van der Waals surface area contributed by atoms with Gasteiger partial charge in [-0.2, -0.15) is 4.98 Å². The second-order valence-electron chi connectivity index (χ2n) is 11.2. The number of thiocarbonyl (C=S) groups is 1. The van der Waals surface area contributed by atoms with Gasteiger partial charge < -0.3 is 31.1 Å². The van der Waals surface area contributed by atoms with E-state index in [4.69, 9.17) is 17.2 Å². The van der Waals surface area contributed by atoms with Crippen LogP contribution in [0.2, 0.25) is 0 Å². The fourth-order valence-corrected chi connectivity index (χ4v) is 5.72. The molecule has 0 unspecified atom stereocenters. The standard InChI is InChI=1S/C31H50N8S/c1-3-4-16-34-31(40)39-20-18-38(19-21-39)29-22-25(2)36-30(37-29)35-24-27-13-11-26(12-14-27)23-32-15-8-17-33-28-9-6-5-7-10-28/h11-14,22,28,32-33H,3-10,15-21,23-24H2,1-2H3,(H,34,40)(H,35,36,37). The zero-order valence-electron chi connectivity index (χ0n) is 24.7. The highest BCUT2D eigenvalue weighted by Gasteiger charge is 2.20. The summed E-state index contributed by atoms with van der Waals surface area (Å²) in [4.78, 5) is 14.1. The molecule has 1 saturated heterocycles. The van der Waals surface area contributed by atoms with E-state index in [2.05, 4.69) is 73.3 Å². The molecule has 1 aromatic heterocycles. The van der Waals surface area contributed by atoms with Crippen LogP contribution in [0.4, 0.5) is 11.8 Å². The molecule has 4 rings (SSSR count). The van der Waals surface area contributed by atoms with Gasteiger partial charge in [0.15, 0.2) is 5.11 Å². The number of nitrogens with one attached hydrogen (secondary N) is 4. The molecule has 1 aliphatic heterocycles. The van der Waals surface area contributed by atoms with E-state index >= 15 is 0 Å². The average Bonchev–Trinajstić information content (AvgIpc) is 2.99. The number of piperazine rings is 1. The summed E-state index contributed by atoms with van der Waals surface area (Å²) in [5, 5.41) is 15.0. The monoisotopic (exact) mass is 566 g/mol. The Morgan fingerprint density at radius 2 is 1.62 bits per heavy atom. The topological polar surface area (TPSA) is 80.4 Å². The van der Waals surface area contributed by atoms with Crippen LogP contribution in [0, 0.1) is 6.92 Å². The molecule has 2 aromatic rings. The van der Waals surface area contributed by atoms with Gasteiger partial charge in [0.2, 0.25) is 5.95 Å². The summed E-state index contributed by atoms with van der Waals surface area (Å²) in [5.41, 5.74) is 3.52. The highest BCUT2D eigenvalue weighted by Crippen LogP contribution is 2.18. The van der Waals surface area contributed by atoms with E-state index in [1.165, 1.54) is 56.1 Å². The van der Waals surface area contributed by atoms with Crippen LogP contribution in [-0.4, -0.2) is 71.8 Å². The molecule has 8 nitrogen and oxygen atoms in total. The first kappa shape index (κ1) is 30.5. The zero-order chi connectivity index (χ0) is 28.0. The van der Waals surface area contributed by atoms with Gasteiger partial charge in [-0.15, -0.1) is 0 Å². The third-order valence-corrected chi connectivity index (χ3v) is 8.31. The van der Waals surface area contributed by atoms with Crippen molar-refractivity contribution in [1.29, 1.82) is 0 Å². The van der Waals surface area contributed by atoms with Gasteiger partial charge in [-0.05, 0) is 69.0 Å². The number of aryl methyl sites for hydroxylation is 1. The Hall–Kier alpha value is -2.49. The van der Waals surface area contributed by atoms with E-state index in [9.17, 15) is 0 Å². The van der Waals surface area contributed by atoms with Gasteiger partial charge in [-0.25, -0.2) is 4.98 Å². The Morgan fingerprint density at radius 3 is 2.35 bits per heavy atom. The van der Waals surface area contributed by atoms with Crippen molar-refractivity contribution in [3.8, 4) is 0 Å². The van der Waals surface area contributed by atoms with Gasteiger partial charge in [-0.3, -0.25) is 0 Å². The van der Waals surface area contributed by atoms with Crippen molar-refractivity contribution in [3.05, 3.63) is 47.2 Å².